The van der Waals surface area contributed by atoms with E-state index < -0.39 is 74.0 Å². The number of aliphatic hydroxyl groups is 1. The first-order valence-corrected chi connectivity index (χ1v) is 12.9. The number of benzene rings is 1. The Morgan fingerprint density at radius 1 is 0.757 bits per heavy atom. The average molecular weight is 517 g/mol. The molecule has 0 aliphatic heterocycles. The average Bonchev–Trinajstić information content (AvgIpc) is 2.77. The number of hydrogen-bond acceptors (Lipinski definition) is 8. The standard InChI is InChI=1S/C29H40O8/c1-9-11-16(30)20-22(32)18(23(33)21(24(20)34)17(31)12-10-2)15(13-14(3)4)19-25(35)28(5,6)27(37)29(7,8)26(19)36/h14-15,32-35H,9-13H2,1-8H3. The summed E-state index contributed by atoms with van der Waals surface area (Å²) < 4.78 is 0. The highest BCUT2D eigenvalue weighted by molar-refractivity contribution is 6.19. The van der Waals surface area contributed by atoms with Crippen molar-refractivity contribution in [2.24, 2.45) is 16.7 Å². The lowest BCUT2D eigenvalue weighted by Gasteiger charge is -2.41. The molecule has 0 heterocycles. The lowest BCUT2D eigenvalue weighted by molar-refractivity contribution is -0.144. The third kappa shape index (κ3) is 5.03. The number of phenols is 3. The summed E-state index contributed by atoms with van der Waals surface area (Å²) >= 11 is 0. The van der Waals surface area contributed by atoms with Crippen molar-refractivity contribution < 1.29 is 39.6 Å². The highest BCUT2D eigenvalue weighted by atomic mass is 16.3. The summed E-state index contributed by atoms with van der Waals surface area (Å²) in [6.45, 7) is 13.1. The molecular weight excluding hydrogens is 476 g/mol. The van der Waals surface area contributed by atoms with Gasteiger partial charge in [0.15, 0.2) is 23.1 Å². The molecule has 0 amide bonds. The Labute approximate surface area is 218 Å². The minimum Gasteiger partial charge on any atom is -0.511 e. The van der Waals surface area contributed by atoms with Crippen molar-refractivity contribution >= 4 is 23.1 Å². The molecule has 0 radical (unpaired) electrons. The molecule has 8 heteroatoms. The number of hydrogen-bond donors (Lipinski definition) is 4. The molecule has 4 N–H and O–H groups in total. The molecule has 2 rings (SSSR count). The second-order valence-corrected chi connectivity index (χ2v) is 11.4. The van der Waals surface area contributed by atoms with E-state index in [0.717, 1.165) is 0 Å². The van der Waals surface area contributed by atoms with Crippen molar-refractivity contribution in [1.29, 1.82) is 0 Å². The van der Waals surface area contributed by atoms with Crippen molar-refractivity contribution in [2.45, 2.75) is 93.4 Å². The summed E-state index contributed by atoms with van der Waals surface area (Å²) in [5.74, 6) is -6.49. The number of aliphatic hydroxyl groups excluding tert-OH is 1. The van der Waals surface area contributed by atoms with Gasteiger partial charge in [0.25, 0.3) is 0 Å². The smallest absolute Gasteiger partial charge is 0.175 e. The van der Waals surface area contributed by atoms with Gasteiger partial charge < -0.3 is 20.4 Å². The minimum absolute atomic E-state index is 0.0387. The molecular formula is C29H40O8. The summed E-state index contributed by atoms with van der Waals surface area (Å²) in [7, 11) is 0. The van der Waals surface area contributed by atoms with Crippen LogP contribution in [0.1, 0.15) is 120 Å². The van der Waals surface area contributed by atoms with E-state index >= 15 is 0 Å². The molecule has 0 bridgehead atoms. The van der Waals surface area contributed by atoms with E-state index in [4.69, 9.17) is 0 Å². The molecule has 1 unspecified atom stereocenters. The number of carbonyl (C=O) groups excluding carboxylic acids is 4. The Balaban J connectivity index is 3.10. The van der Waals surface area contributed by atoms with Gasteiger partial charge in [-0.15, -0.1) is 0 Å². The molecule has 1 aliphatic rings. The third-order valence-electron chi connectivity index (χ3n) is 7.17. The van der Waals surface area contributed by atoms with Crippen LogP contribution in [0.4, 0.5) is 0 Å². The van der Waals surface area contributed by atoms with E-state index in [9.17, 15) is 39.6 Å². The largest absolute Gasteiger partial charge is 0.511 e. The number of Topliss-reactive ketones (excluding diaryl/α,β-unsaturated/α-hetero) is 4. The van der Waals surface area contributed by atoms with Gasteiger partial charge in [0.2, 0.25) is 0 Å². The van der Waals surface area contributed by atoms with E-state index in [0.29, 0.717) is 12.8 Å². The zero-order chi connectivity index (χ0) is 28.6. The maximum absolute atomic E-state index is 13.7. The maximum atomic E-state index is 13.7. The summed E-state index contributed by atoms with van der Waals surface area (Å²) in [5.41, 5.74) is -4.40. The summed E-state index contributed by atoms with van der Waals surface area (Å²) in [6.07, 6.45) is 0.846. The normalized spacial score (nSPS) is 17.9. The molecule has 1 aromatic carbocycles. The number of phenolic OH excluding ortho intramolecular Hbond substituents is 3. The molecule has 8 nitrogen and oxygen atoms in total. The van der Waals surface area contributed by atoms with Gasteiger partial charge in [-0.2, -0.15) is 0 Å². The van der Waals surface area contributed by atoms with Gasteiger partial charge in [0.05, 0.1) is 10.8 Å². The molecule has 1 aliphatic carbocycles. The van der Waals surface area contributed by atoms with Crippen LogP contribution in [0.5, 0.6) is 17.2 Å². The first kappa shape index (κ1) is 30.1. The highest BCUT2D eigenvalue weighted by Crippen LogP contribution is 2.54. The lowest BCUT2D eigenvalue weighted by Crippen LogP contribution is -2.49. The van der Waals surface area contributed by atoms with Crippen LogP contribution < -0.4 is 0 Å². The Hall–Kier alpha value is -3.16. The van der Waals surface area contributed by atoms with Crippen LogP contribution in [-0.4, -0.2) is 43.6 Å². The van der Waals surface area contributed by atoms with Crippen LogP contribution in [0.25, 0.3) is 0 Å². The fourth-order valence-electron chi connectivity index (χ4n) is 5.24. The van der Waals surface area contributed by atoms with Crippen LogP contribution in [-0.2, 0) is 9.59 Å². The zero-order valence-corrected chi connectivity index (χ0v) is 23.1. The fraction of sp³-hybridized carbons (Fsp3) is 0.586. The van der Waals surface area contributed by atoms with Gasteiger partial charge in [-0.3, -0.25) is 19.2 Å². The van der Waals surface area contributed by atoms with Gasteiger partial charge in [-0.05, 0) is 52.9 Å². The van der Waals surface area contributed by atoms with Crippen molar-refractivity contribution in [3.05, 3.63) is 28.0 Å². The Morgan fingerprint density at radius 2 is 1.19 bits per heavy atom. The second kappa shape index (κ2) is 10.7. The lowest BCUT2D eigenvalue weighted by atomic mass is 9.60. The predicted molar refractivity (Wildman–Crippen MR) is 139 cm³/mol. The molecule has 0 spiro atoms. The summed E-state index contributed by atoms with van der Waals surface area (Å²) in [4.78, 5) is 52.8. The van der Waals surface area contributed by atoms with Crippen LogP contribution in [0, 0.1) is 16.7 Å². The number of rotatable bonds is 10. The molecule has 0 saturated heterocycles. The molecule has 204 valence electrons. The Bertz CT molecular complexity index is 1120. The number of allylic oxidation sites excluding steroid dienone is 2. The zero-order valence-electron chi connectivity index (χ0n) is 23.1. The van der Waals surface area contributed by atoms with Crippen molar-refractivity contribution in [3.8, 4) is 17.2 Å². The SMILES string of the molecule is CCCC(=O)c1c(O)c(C(=O)CCC)c(O)c(C(CC(C)C)C2=C(O)C(C)(C)C(=O)C(C)(C)C2=O)c1O. The highest BCUT2D eigenvalue weighted by Gasteiger charge is 2.55. The first-order valence-electron chi connectivity index (χ1n) is 12.9. The monoisotopic (exact) mass is 516 g/mol. The van der Waals surface area contributed by atoms with E-state index in [-0.39, 0.29) is 36.3 Å². The second-order valence-electron chi connectivity index (χ2n) is 11.4. The fourth-order valence-corrected chi connectivity index (χ4v) is 5.24. The van der Waals surface area contributed by atoms with Gasteiger partial charge in [0.1, 0.15) is 34.1 Å². The molecule has 37 heavy (non-hydrogen) atoms. The van der Waals surface area contributed by atoms with E-state index in [1.54, 1.807) is 13.8 Å². The number of ketones is 4. The summed E-state index contributed by atoms with van der Waals surface area (Å²) in [6, 6.07) is 0. The van der Waals surface area contributed by atoms with Crippen LogP contribution in [0.2, 0.25) is 0 Å². The van der Waals surface area contributed by atoms with Crippen LogP contribution in [0.15, 0.2) is 11.3 Å². The number of carbonyl (C=O) groups is 4. The van der Waals surface area contributed by atoms with E-state index in [1.807, 2.05) is 13.8 Å². The summed E-state index contributed by atoms with van der Waals surface area (Å²) in [5, 5.41) is 44.9. The molecule has 0 aromatic heterocycles. The van der Waals surface area contributed by atoms with Crippen molar-refractivity contribution in [2.75, 3.05) is 0 Å². The quantitative estimate of drug-likeness (QED) is 0.221. The van der Waals surface area contributed by atoms with Gasteiger partial charge in [-0.25, -0.2) is 0 Å². The number of aromatic hydroxyl groups is 3. The molecule has 1 aromatic rings. The van der Waals surface area contributed by atoms with E-state index in [1.165, 1.54) is 27.7 Å². The Morgan fingerprint density at radius 3 is 1.57 bits per heavy atom. The van der Waals surface area contributed by atoms with Gasteiger partial charge in [-0.1, -0.05) is 27.7 Å². The molecule has 0 saturated carbocycles. The topological polar surface area (TPSA) is 149 Å². The Kier molecular flexibility index (Phi) is 8.68. The minimum atomic E-state index is -1.51. The maximum Gasteiger partial charge on any atom is 0.175 e. The third-order valence-corrected chi connectivity index (χ3v) is 7.17. The first-order chi connectivity index (χ1) is 17.0. The predicted octanol–water partition coefficient (Wildman–Crippen LogP) is 5.92. The van der Waals surface area contributed by atoms with Crippen molar-refractivity contribution in [1.82, 2.24) is 0 Å². The van der Waals surface area contributed by atoms with E-state index in [2.05, 4.69) is 0 Å². The van der Waals surface area contributed by atoms with Crippen molar-refractivity contribution in [3.63, 3.8) is 0 Å². The van der Waals surface area contributed by atoms with Crippen LogP contribution >= 0.6 is 0 Å². The van der Waals surface area contributed by atoms with Gasteiger partial charge >= 0.3 is 0 Å². The van der Waals surface area contributed by atoms with Crippen LogP contribution in [0.3, 0.4) is 0 Å². The molecule has 1 atom stereocenters. The molecule has 0 fully saturated rings. The van der Waals surface area contributed by atoms with Gasteiger partial charge in [0, 0.05) is 29.9 Å².